The van der Waals surface area contributed by atoms with Crippen molar-refractivity contribution in [2.45, 2.75) is 24.5 Å². The molecule has 2 heterocycles. The number of nitrogen functional groups attached to an aromatic ring is 1. The average Bonchev–Trinajstić information content (AvgIpc) is 2.78. The van der Waals surface area contributed by atoms with E-state index in [9.17, 15) is 33.6 Å². The molecular formula is C9H15N3NaO14P3. The quantitative estimate of drug-likeness (QED) is 0.142. The Morgan fingerprint density at radius 1 is 1.20 bits per heavy atom. The minimum absolute atomic E-state index is 0. The molecule has 21 heteroatoms. The molecule has 0 aliphatic carbocycles. The second kappa shape index (κ2) is 10.3. The van der Waals surface area contributed by atoms with Crippen LogP contribution in [0.3, 0.4) is 0 Å². The standard InChI is InChI=1S/C9H15N3O14P3.Na/c10-5-1-2-12(9(15)11-5)8-7(14)6(13)4(24-8)3-23-28(19,20)26-29(21,22)25-27(16,17)18;/h1-2,4,6-8,14H,3H2,(H,19,20)(H,21,22)(H2,10,11,15)(H2,16,17,18);/q-1;+1/t4-,6-,7-,8-;/m1./s1. The Bertz CT molecular complexity index is 952. The molecule has 7 N–H and O–H groups in total. The number of aromatic nitrogens is 2. The molecule has 1 aromatic heterocycles. The number of rotatable bonds is 8. The van der Waals surface area contributed by atoms with Gasteiger partial charge in [0.1, 0.15) is 5.82 Å². The number of aliphatic hydroxyl groups excluding tert-OH is 1. The number of hydrogen-bond donors (Lipinski definition) is 6. The molecule has 1 saturated heterocycles. The zero-order valence-corrected chi connectivity index (χ0v) is 19.6. The second-order valence-electron chi connectivity index (χ2n) is 5.45. The first kappa shape index (κ1) is 28.0. The van der Waals surface area contributed by atoms with Crippen molar-refractivity contribution in [3.8, 4) is 0 Å². The summed E-state index contributed by atoms with van der Waals surface area (Å²) in [6, 6.07) is 1.18. The van der Waals surface area contributed by atoms with Gasteiger partial charge in [0.15, 0.2) is 6.23 Å². The predicted molar refractivity (Wildman–Crippen MR) is 86.4 cm³/mol. The fourth-order valence-electron chi connectivity index (χ4n) is 2.17. The number of aliphatic hydroxyl groups is 1. The maximum atomic E-state index is 12.1. The van der Waals surface area contributed by atoms with E-state index in [1.54, 1.807) is 0 Å². The van der Waals surface area contributed by atoms with Gasteiger partial charge >= 0.3 is 58.7 Å². The van der Waals surface area contributed by atoms with E-state index in [-0.39, 0.29) is 35.4 Å². The summed E-state index contributed by atoms with van der Waals surface area (Å²) in [5.41, 5.74) is 4.35. The van der Waals surface area contributed by atoms with Gasteiger partial charge in [-0.05, 0) is 6.07 Å². The van der Waals surface area contributed by atoms with Gasteiger partial charge in [-0.2, -0.15) is 13.6 Å². The van der Waals surface area contributed by atoms with Crippen molar-refractivity contribution < 1.29 is 90.9 Å². The molecule has 1 aromatic rings. The molecule has 0 radical (unpaired) electrons. The zero-order valence-electron chi connectivity index (χ0n) is 14.9. The van der Waals surface area contributed by atoms with E-state index in [1.165, 1.54) is 6.07 Å². The topological polar surface area (TPSA) is 273 Å². The molecular weight excluding hydrogens is 490 g/mol. The second-order valence-corrected chi connectivity index (χ2v) is 9.87. The Morgan fingerprint density at radius 2 is 1.80 bits per heavy atom. The van der Waals surface area contributed by atoms with Crippen molar-refractivity contribution in [1.82, 2.24) is 9.55 Å². The number of ether oxygens (including phenoxy) is 1. The molecule has 1 aliphatic rings. The molecule has 1 aliphatic heterocycles. The third kappa shape index (κ3) is 7.83. The molecule has 1 fully saturated rings. The van der Waals surface area contributed by atoms with E-state index >= 15 is 0 Å². The summed E-state index contributed by atoms with van der Waals surface area (Å²) in [6.45, 7) is -1.08. The molecule has 166 valence electrons. The van der Waals surface area contributed by atoms with Gasteiger partial charge in [-0.25, -0.2) is 18.5 Å². The summed E-state index contributed by atoms with van der Waals surface area (Å²) in [5.74, 6) is -0.137. The van der Waals surface area contributed by atoms with Crippen LogP contribution in [0.2, 0.25) is 0 Å². The molecule has 0 amide bonds. The normalized spacial score (nSPS) is 28.3. The first-order valence-electron chi connectivity index (χ1n) is 7.22. The van der Waals surface area contributed by atoms with Crippen molar-refractivity contribution in [2.24, 2.45) is 0 Å². The third-order valence-electron chi connectivity index (χ3n) is 3.25. The van der Waals surface area contributed by atoms with Crippen LogP contribution in [0.5, 0.6) is 0 Å². The van der Waals surface area contributed by atoms with Crippen LogP contribution in [0.25, 0.3) is 0 Å². The summed E-state index contributed by atoms with van der Waals surface area (Å²) < 4.78 is 50.6. The molecule has 30 heavy (non-hydrogen) atoms. The molecule has 0 saturated carbocycles. The van der Waals surface area contributed by atoms with Crippen LogP contribution < -0.4 is 46.1 Å². The van der Waals surface area contributed by atoms with Crippen molar-refractivity contribution in [1.29, 1.82) is 0 Å². The Labute approximate surface area is 189 Å². The summed E-state index contributed by atoms with van der Waals surface area (Å²) in [4.78, 5) is 50.4. The van der Waals surface area contributed by atoms with E-state index in [1.807, 2.05) is 0 Å². The third-order valence-corrected chi connectivity index (χ3v) is 7.06. The molecule has 17 nitrogen and oxygen atoms in total. The molecule has 0 bridgehead atoms. The Kier molecular flexibility index (Phi) is 9.59. The van der Waals surface area contributed by atoms with Crippen LogP contribution in [-0.2, 0) is 31.6 Å². The van der Waals surface area contributed by atoms with E-state index in [2.05, 4.69) is 18.1 Å². The SMILES string of the molecule is Nc1ccn([C@@H]2O[C@H](COP(=O)(O)OP(=O)(O)OP(=O)(O)O)[C@@H]([O-])[C@H]2O)c(=O)n1.[Na+]. The summed E-state index contributed by atoms with van der Waals surface area (Å²) in [7, 11) is -16.8. The Hall–Kier alpha value is -0.0300. The van der Waals surface area contributed by atoms with Crippen LogP contribution >= 0.6 is 23.5 Å². The van der Waals surface area contributed by atoms with Crippen LogP contribution in [-0.4, -0.2) is 59.2 Å². The van der Waals surface area contributed by atoms with Crippen molar-refractivity contribution in [3.63, 3.8) is 0 Å². The number of phosphoric acid groups is 3. The van der Waals surface area contributed by atoms with Gasteiger partial charge in [0, 0.05) is 6.20 Å². The maximum absolute atomic E-state index is 12.1. The molecule has 2 rings (SSSR count). The fraction of sp³-hybridized carbons (Fsp3) is 0.556. The van der Waals surface area contributed by atoms with E-state index in [0.717, 1.165) is 10.8 Å². The Balaban J connectivity index is 0.00000450. The summed E-state index contributed by atoms with van der Waals surface area (Å²) >= 11 is 0. The van der Waals surface area contributed by atoms with Crippen LogP contribution in [0.15, 0.2) is 17.1 Å². The van der Waals surface area contributed by atoms with Gasteiger partial charge in [0.05, 0.1) is 18.8 Å². The molecule has 0 spiro atoms. The first-order valence-corrected chi connectivity index (χ1v) is 11.7. The minimum atomic E-state index is -5.73. The van der Waals surface area contributed by atoms with Gasteiger partial charge in [-0.1, -0.05) is 6.10 Å². The smallest absolute Gasteiger partial charge is 0.848 e. The van der Waals surface area contributed by atoms with E-state index < -0.39 is 60.3 Å². The van der Waals surface area contributed by atoms with Gasteiger partial charge in [0.25, 0.3) is 0 Å². The van der Waals surface area contributed by atoms with E-state index in [4.69, 9.17) is 25.2 Å². The van der Waals surface area contributed by atoms with Crippen LogP contribution in [0, 0.1) is 0 Å². The van der Waals surface area contributed by atoms with Crippen LogP contribution in [0.4, 0.5) is 5.82 Å². The predicted octanol–water partition coefficient (Wildman–Crippen LogP) is -5.84. The Morgan fingerprint density at radius 3 is 2.33 bits per heavy atom. The van der Waals surface area contributed by atoms with Crippen molar-refractivity contribution in [3.05, 3.63) is 22.7 Å². The molecule has 0 aromatic carbocycles. The minimum Gasteiger partial charge on any atom is -0.848 e. The van der Waals surface area contributed by atoms with Gasteiger partial charge in [0.2, 0.25) is 0 Å². The van der Waals surface area contributed by atoms with E-state index in [0.29, 0.717) is 0 Å². The van der Waals surface area contributed by atoms with Gasteiger partial charge in [-0.15, -0.1) is 0 Å². The monoisotopic (exact) mass is 505 g/mol. The zero-order chi connectivity index (χ0) is 22.2. The first-order chi connectivity index (χ1) is 13.1. The number of nitrogens with zero attached hydrogens (tertiary/aromatic N) is 2. The van der Waals surface area contributed by atoms with Crippen molar-refractivity contribution in [2.75, 3.05) is 12.3 Å². The number of phosphoric ester groups is 1. The number of nitrogens with two attached hydrogens (primary N) is 1. The summed E-state index contributed by atoms with van der Waals surface area (Å²) in [6.07, 6.45) is -5.95. The maximum Gasteiger partial charge on any atom is 1.00 e. The summed E-state index contributed by atoms with van der Waals surface area (Å²) in [5, 5.41) is 22.0. The fourth-order valence-corrected chi connectivity index (χ4v) is 5.20. The van der Waals surface area contributed by atoms with Gasteiger partial charge in [-0.3, -0.25) is 9.09 Å². The number of anilines is 1. The average molecular weight is 505 g/mol. The number of hydrogen-bond acceptors (Lipinski definition) is 12. The molecule has 2 unspecified atom stereocenters. The largest absolute Gasteiger partial charge is 1.00 e. The van der Waals surface area contributed by atoms with Crippen LogP contribution in [0.1, 0.15) is 6.23 Å². The van der Waals surface area contributed by atoms with Gasteiger partial charge < -0.3 is 40.3 Å². The van der Waals surface area contributed by atoms with Crippen molar-refractivity contribution >= 4 is 29.3 Å². The molecule has 6 atom stereocenters.